The van der Waals surface area contributed by atoms with Crippen molar-refractivity contribution in [1.82, 2.24) is 19.8 Å². The molecule has 33 heavy (non-hydrogen) atoms. The average molecular weight is 457 g/mol. The lowest BCUT2D eigenvalue weighted by molar-refractivity contribution is -0.130. The van der Waals surface area contributed by atoms with E-state index in [1.54, 1.807) is 31.1 Å². The number of nitrogens with zero attached hydrogens (tertiary/aromatic N) is 4. The third-order valence-corrected chi connectivity index (χ3v) is 5.72. The number of aromatic nitrogens is 2. The molecular weight excluding hydrogens is 424 g/mol. The number of carbonyl (C=O) groups excluding carboxylic acids is 2. The second-order valence-electron chi connectivity index (χ2n) is 7.98. The Morgan fingerprint density at radius 2 is 1.97 bits per heavy atom. The van der Waals surface area contributed by atoms with Crippen molar-refractivity contribution in [2.75, 3.05) is 47.5 Å². The van der Waals surface area contributed by atoms with Crippen molar-refractivity contribution >= 4 is 11.8 Å². The minimum Gasteiger partial charge on any atom is -0.493 e. The van der Waals surface area contributed by atoms with E-state index >= 15 is 0 Å². The fourth-order valence-corrected chi connectivity index (χ4v) is 3.76. The SMILES string of the molecule is COc1ccc(CCN(C)C(=O)CCN(CC2CCCO2)C(=O)c2cnccn2)cc1OC. The van der Waals surface area contributed by atoms with Crippen LogP contribution < -0.4 is 9.47 Å². The Hall–Kier alpha value is -3.20. The van der Waals surface area contributed by atoms with Crippen LogP contribution in [0.1, 0.15) is 35.3 Å². The summed E-state index contributed by atoms with van der Waals surface area (Å²) in [5.74, 6) is 1.07. The molecule has 1 aromatic carbocycles. The Kier molecular flexibility index (Phi) is 9.00. The summed E-state index contributed by atoms with van der Waals surface area (Å²) in [6, 6.07) is 5.74. The zero-order chi connectivity index (χ0) is 23.6. The minimum atomic E-state index is -0.237. The summed E-state index contributed by atoms with van der Waals surface area (Å²) < 4.78 is 16.3. The van der Waals surface area contributed by atoms with Crippen LogP contribution in [0, 0.1) is 0 Å². The monoisotopic (exact) mass is 456 g/mol. The lowest BCUT2D eigenvalue weighted by atomic mass is 10.1. The number of hydrogen-bond acceptors (Lipinski definition) is 7. The largest absolute Gasteiger partial charge is 0.493 e. The van der Waals surface area contributed by atoms with Crippen LogP contribution in [0.5, 0.6) is 11.5 Å². The number of methoxy groups -OCH3 is 2. The Balaban J connectivity index is 1.55. The smallest absolute Gasteiger partial charge is 0.274 e. The molecule has 1 aromatic heterocycles. The Bertz CT molecular complexity index is 918. The van der Waals surface area contributed by atoms with Crippen LogP contribution >= 0.6 is 0 Å². The maximum atomic E-state index is 13.0. The van der Waals surface area contributed by atoms with Gasteiger partial charge in [0.25, 0.3) is 5.91 Å². The van der Waals surface area contributed by atoms with E-state index in [4.69, 9.17) is 14.2 Å². The number of ether oxygens (including phenoxy) is 3. The van der Waals surface area contributed by atoms with Crippen LogP contribution in [0.4, 0.5) is 0 Å². The summed E-state index contributed by atoms with van der Waals surface area (Å²) in [6.07, 6.45) is 7.24. The molecule has 2 heterocycles. The predicted octanol–water partition coefficient (Wildman–Crippen LogP) is 2.21. The van der Waals surface area contributed by atoms with Crippen molar-refractivity contribution in [1.29, 1.82) is 0 Å². The number of carbonyl (C=O) groups is 2. The molecule has 1 saturated heterocycles. The summed E-state index contributed by atoms with van der Waals surface area (Å²) in [5.41, 5.74) is 1.31. The zero-order valence-electron chi connectivity index (χ0n) is 19.5. The predicted molar refractivity (Wildman–Crippen MR) is 122 cm³/mol. The van der Waals surface area contributed by atoms with Gasteiger partial charge in [0, 0.05) is 52.1 Å². The third-order valence-electron chi connectivity index (χ3n) is 5.72. The number of likely N-dealkylation sites (N-methyl/N-ethyl adjacent to an activating group) is 1. The van der Waals surface area contributed by atoms with Crippen molar-refractivity contribution in [2.45, 2.75) is 31.8 Å². The van der Waals surface area contributed by atoms with Crippen LogP contribution in [-0.2, 0) is 16.0 Å². The fraction of sp³-hybridized carbons (Fsp3) is 0.500. The van der Waals surface area contributed by atoms with Gasteiger partial charge in [0.05, 0.1) is 26.5 Å². The number of benzene rings is 1. The third kappa shape index (κ3) is 6.89. The maximum Gasteiger partial charge on any atom is 0.274 e. The van der Waals surface area contributed by atoms with Crippen LogP contribution in [0.2, 0.25) is 0 Å². The highest BCUT2D eigenvalue weighted by molar-refractivity contribution is 5.92. The molecule has 178 valence electrons. The molecule has 9 nitrogen and oxygen atoms in total. The van der Waals surface area contributed by atoms with Crippen molar-refractivity contribution in [3.63, 3.8) is 0 Å². The van der Waals surface area contributed by atoms with E-state index in [1.807, 2.05) is 18.2 Å². The highest BCUT2D eigenvalue weighted by atomic mass is 16.5. The first kappa shape index (κ1) is 24.4. The van der Waals surface area contributed by atoms with Gasteiger partial charge < -0.3 is 24.0 Å². The van der Waals surface area contributed by atoms with E-state index in [1.165, 1.54) is 18.6 Å². The highest BCUT2D eigenvalue weighted by Gasteiger charge is 2.25. The van der Waals surface area contributed by atoms with Gasteiger partial charge in [-0.2, -0.15) is 0 Å². The molecule has 0 saturated carbocycles. The number of hydrogen-bond donors (Lipinski definition) is 0. The van der Waals surface area contributed by atoms with E-state index < -0.39 is 0 Å². The second kappa shape index (κ2) is 12.2. The first-order valence-electron chi connectivity index (χ1n) is 11.1. The topological polar surface area (TPSA) is 94.1 Å². The van der Waals surface area contributed by atoms with Gasteiger partial charge in [-0.25, -0.2) is 4.98 Å². The molecule has 2 amide bonds. The van der Waals surface area contributed by atoms with Crippen LogP contribution in [0.15, 0.2) is 36.8 Å². The van der Waals surface area contributed by atoms with Crippen LogP contribution in [0.25, 0.3) is 0 Å². The van der Waals surface area contributed by atoms with Crippen molar-refractivity contribution in [2.24, 2.45) is 0 Å². The minimum absolute atomic E-state index is 0.0106. The van der Waals surface area contributed by atoms with Gasteiger partial charge in [-0.1, -0.05) is 6.07 Å². The summed E-state index contributed by atoms with van der Waals surface area (Å²) in [7, 11) is 4.97. The van der Waals surface area contributed by atoms with Gasteiger partial charge in [-0.05, 0) is 37.0 Å². The van der Waals surface area contributed by atoms with E-state index in [-0.39, 0.29) is 30.0 Å². The highest BCUT2D eigenvalue weighted by Crippen LogP contribution is 2.27. The van der Waals surface area contributed by atoms with Gasteiger partial charge in [0.15, 0.2) is 11.5 Å². The van der Waals surface area contributed by atoms with Gasteiger partial charge in [-0.3, -0.25) is 14.6 Å². The van der Waals surface area contributed by atoms with E-state index in [9.17, 15) is 9.59 Å². The van der Waals surface area contributed by atoms with E-state index in [0.717, 1.165) is 18.4 Å². The lowest BCUT2D eigenvalue weighted by Gasteiger charge is -2.26. The molecule has 1 aliphatic rings. The van der Waals surface area contributed by atoms with Crippen molar-refractivity contribution in [3.8, 4) is 11.5 Å². The number of amides is 2. The molecule has 1 unspecified atom stereocenters. The van der Waals surface area contributed by atoms with E-state index in [2.05, 4.69) is 9.97 Å². The summed E-state index contributed by atoms with van der Waals surface area (Å²) in [5, 5.41) is 0. The standard InChI is InChI=1S/C24H32N4O5/c1-27(12-8-18-6-7-21(31-2)22(15-18)32-3)23(29)9-13-28(17-19-5-4-14-33-19)24(30)20-16-25-10-11-26-20/h6-7,10-11,15-16,19H,4-5,8-9,12-14,17H2,1-3H3. The maximum absolute atomic E-state index is 13.0. The van der Waals surface area contributed by atoms with Gasteiger partial charge in [0.2, 0.25) is 5.91 Å². The normalized spacial score (nSPS) is 15.2. The van der Waals surface area contributed by atoms with E-state index in [0.29, 0.717) is 44.2 Å². The average Bonchev–Trinajstić information content (AvgIpc) is 3.37. The molecule has 1 atom stereocenters. The Labute approximate surface area is 194 Å². The fourth-order valence-electron chi connectivity index (χ4n) is 3.76. The zero-order valence-corrected chi connectivity index (χ0v) is 19.5. The first-order chi connectivity index (χ1) is 16.0. The van der Waals surface area contributed by atoms with Gasteiger partial charge in [0.1, 0.15) is 5.69 Å². The van der Waals surface area contributed by atoms with Crippen molar-refractivity contribution in [3.05, 3.63) is 48.0 Å². The number of rotatable bonds is 11. The molecule has 0 N–H and O–H groups in total. The summed E-state index contributed by atoms with van der Waals surface area (Å²) >= 11 is 0. The molecule has 0 bridgehead atoms. The second-order valence-corrected chi connectivity index (χ2v) is 7.98. The Morgan fingerprint density at radius 1 is 1.15 bits per heavy atom. The summed E-state index contributed by atoms with van der Waals surface area (Å²) in [4.78, 5) is 37.2. The molecule has 0 radical (unpaired) electrons. The molecule has 9 heteroatoms. The molecule has 1 aliphatic heterocycles. The van der Waals surface area contributed by atoms with Crippen LogP contribution in [0.3, 0.4) is 0 Å². The molecule has 1 fully saturated rings. The quantitative estimate of drug-likeness (QED) is 0.512. The van der Waals surface area contributed by atoms with Crippen molar-refractivity contribution < 1.29 is 23.8 Å². The summed E-state index contributed by atoms with van der Waals surface area (Å²) in [6.45, 7) is 2.00. The molecule has 0 aliphatic carbocycles. The first-order valence-corrected chi connectivity index (χ1v) is 11.1. The Morgan fingerprint density at radius 3 is 2.64 bits per heavy atom. The molecule has 3 rings (SSSR count). The molecule has 2 aromatic rings. The lowest BCUT2D eigenvalue weighted by Crippen LogP contribution is -2.40. The van der Waals surface area contributed by atoms with Gasteiger partial charge >= 0.3 is 0 Å². The van der Waals surface area contributed by atoms with Crippen LogP contribution in [-0.4, -0.2) is 85.2 Å². The molecular formula is C24H32N4O5. The van der Waals surface area contributed by atoms with Gasteiger partial charge in [-0.15, -0.1) is 0 Å². The molecule has 0 spiro atoms.